The number of hydrogen-bond donors (Lipinski definition) is 1. The molecule has 1 N–H and O–H groups in total. The molecule has 0 radical (unpaired) electrons. The molecule has 144 valence electrons. The van der Waals surface area contributed by atoms with Crippen LogP contribution in [0.4, 0.5) is 0 Å². The Balaban J connectivity index is 1.62. The fourth-order valence-corrected chi connectivity index (χ4v) is 3.07. The zero-order chi connectivity index (χ0) is 18.9. The zero-order valence-electron chi connectivity index (χ0n) is 15.4. The Morgan fingerprint density at radius 2 is 2.08 bits per heavy atom. The number of hydrogen-bond acceptors (Lipinski definition) is 5. The van der Waals surface area contributed by atoms with E-state index in [1.54, 1.807) is 24.3 Å². The number of esters is 1. The van der Waals surface area contributed by atoms with Gasteiger partial charge in [0, 0.05) is 36.2 Å². The van der Waals surface area contributed by atoms with Crippen molar-refractivity contribution in [3.8, 4) is 0 Å². The van der Waals surface area contributed by atoms with Gasteiger partial charge in [-0.05, 0) is 30.2 Å². The van der Waals surface area contributed by atoms with Gasteiger partial charge in [0.05, 0.1) is 13.0 Å². The standard InChI is InChI=1S/C19H27BrN2O4/c1-14(2)11-22-9-10-25-17(12-22)13-26-18(23)7-8-21-19(24)15-3-5-16(20)6-4-15/h3-6,14,17H,7-13H2,1-2H3,(H,21,24). The summed E-state index contributed by atoms with van der Waals surface area (Å²) in [7, 11) is 0. The third-order valence-corrected chi connectivity index (χ3v) is 4.53. The first-order valence-electron chi connectivity index (χ1n) is 8.97. The minimum absolute atomic E-state index is 0.0798. The number of ether oxygens (including phenoxy) is 2. The van der Waals surface area contributed by atoms with Crippen LogP contribution in [-0.4, -0.2) is 62.3 Å². The Labute approximate surface area is 163 Å². The van der Waals surface area contributed by atoms with E-state index in [4.69, 9.17) is 9.47 Å². The van der Waals surface area contributed by atoms with Gasteiger partial charge in [-0.2, -0.15) is 0 Å². The van der Waals surface area contributed by atoms with Crippen molar-refractivity contribution in [3.63, 3.8) is 0 Å². The number of carbonyl (C=O) groups excluding carboxylic acids is 2. The summed E-state index contributed by atoms with van der Waals surface area (Å²) in [6.45, 7) is 8.28. The molecule has 0 saturated carbocycles. The Kier molecular flexibility index (Phi) is 8.54. The minimum Gasteiger partial charge on any atom is -0.463 e. The maximum absolute atomic E-state index is 12.0. The molecule has 26 heavy (non-hydrogen) atoms. The van der Waals surface area contributed by atoms with Crippen molar-refractivity contribution in [1.82, 2.24) is 10.2 Å². The van der Waals surface area contributed by atoms with E-state index in [9.17, 15) is 9.59 Å². The van der Waals surface area contributed by atoms with Crippen LogP contribution < -0.4 is 5.32 Å². The molecule has 1 aliphatic rings. The van der Waals surface area contributed by atoms with E-state index in [-0.39, 0.29) is 37.6 Å². The second-order valence-corrected chi connectivity index (χ2v) is 7.76. The summed E-state index contributed by atoms with van der Waals surface area (Å²) in [5, 5.41) is 2.72. The number of halogens is 1. The van der Waals surface area contributed by atoms with Gasteiger partial charge in [0.2, 0.25) is 0 Å². The molecule has 6 nitrogen and oxygen atoms in total. The van der Waals surface area contributed by atoms with Gasteiger partial charge in [0.1, 0.15) is 12.7 Å². The van der Waals surface area contributed by atoms with Gasteiger partial charge >= 0.3 is 5.97 Å². The van der Waals surface area contributed by atoms with E-state index >= 15 is 0 Å². The number of rotatable bonds is 8. The highest BCUT2D eigenvalue weighted by atomic mass is 79.9. The van der Waals surface area contributed by atoms with Crippen molar-refractivity contribution >= 4 is 27.8 Å². The predicted octanol–water partition coefficient (Wildman–Crippen LogP) is 2.47. The fourth-order valence-electron chi connectivity index (χ4n) is 2.80. The van der Waals surface area contributed by atoms with Crippen LogP contribution in [0, 0.1) is 5.92 Å². The average Bonchev–Trinajstić information content (AvgIpc) is 2.60. The lowest BCUT2D eigenvalue weighted by atomic mass is 10.2. The maximum Gasteiger partial charge on any atom is 0.307 e. The van der Waals surface area contributed by atoms with Crippen LogP contribution in [0.15, 0.2) is 28.7 Å². The van der Waals surface area contributed by atoms with Crippen molar-refractivity contribution in [3.05, 3.63) is 34.3 Å². The van der Waals surface area contributed by atoms with E-state index in [2.05, 4.69) is 40.0 Å². The monoisotopic (exact) mass is 426 g/mol. The van der Waals surface area contributed by atoms with Crippen LogP contribution in [0.1, 0.15) is 30.6 Å². The third-order valence-electron chi connectivity index (χ3n) is 4.00. The van der Waals surface area contributed by atoms with Crippen molar-refractivity contribution in [2.75, 3.05) is 39.4 Å². The summed E-state index contributed by atoms with van der Waals surface area (Å²) >= 11 is 3.33. The highest BCUT2D eigenvalue weighted by Gasteiger charge is 2.22. The molecule has 1 aromatic rings. The normalized spacial score (nSPS) is 17.9. The van der Waals surface area contributed by atoms with Crippen LogP contribution in [0.3, 0.4) is 0 Å². The fraction of sp³-hybridized carbons (Fsp3) is 0.579. The molecule has 0 aliphatic carbocycles. The van der Waals surface area contributed by atoms with E-state index in [0.29, 0.717) is 18.1 Å². The van der Waals surface area contributed by atoms with Crippen LogP contribution >= 0.6 is 15.9 Å². The number of morpholine rings is 1. The molecule has 1 fully saturated rings. The van der Waals surface area contributed by atoms with Gasteiger partial charge in [0.15, 0.2) is 0 Å². The first-order valence-corrected chi connectivity index (χ1v) is 9.76. The van der Waals surface area contributed by atoms with Gasteiger partial charge in [-0.15, -0.1) is 0 Å². The molecule has 1 unspecified atom stereocenters. The van der Waals surface area contributed by atoms with E-state index in [1.807, 2.05) is 0 Å². The second kappa shape index (κ2) is 10.6. The quantitative estimate of drug-likeness (QED) is 0.646. The molecular weight excluding hydrogens is 400 g/mol. The van der Waals surface area contributed by atoms with Crippen molar-refractivity contribution in [1.29, 1.82) is 0 Å². The molecule has 0 spiro atoms. The maximum atomic E-state index is 12.0. The Morgan fingerprint density at radius 3 is 2.77 bits per heavy atom. The van der Waals surface area contributed by atoms with E-state index < -0.39 is 0 Å². The van der Waals surface area contributed by atoms with Gasteiger partial charge in [-0.1, -0.05) is 29.8 Å². The molecule has 2 rings (SSSR count). The second-order valence-electron chi connectivity index (χ2n) is 6.84. The topological polar surface area (TPSA) is 67.9 Å². The SMILES string of the molecule is CC(C)CN1CCOC(COC(=O)CCNC(=O)c2ccc(Br)cc2)C1. The smallest absolute Gasteiger partial charge is 0.307 e. The summed E-state index contributed by atoms with van der Waals surface area (Å²) in [6.07, 6.45) is 0.0637. The van der Waals surface area contributed by atoms with Crippen molar-refractivity contribution < 1.29 is 19.1 Å². The number of carbonyl (C=O) groups is 2. The van der Waals surface area contributed by atoms with E-state index in [0.717, 1.165) is 24.1 Å². The Morgan fingerprint density at radius 1 is 1.35 bits per heavy atom. The van der Waals surface area contributed by atoms with Crippen molar-refractivity contribution in [2.45, 2.75) is 26.4 Å². The molecule has 1 amide bonds. The molecule has 1 aromatic carbocycles. The summed E-state index contributed by atoms with van der Waals surface area (Å²) < 4.78 is 11.9. The number of benzene rings is 1. The van der Waals surface area contributed by atoms with Crippen LogP contribution in [0.2, 0.25) is 0 Å². The lowest BCUT2D eigenvalue weighted by molar-refractivity contribution is -0.150. The van der Waals surface area contributed by atoms with Crippen molar-refractivity contribution in [2.24, 2.45) is 5.92 Å². The van der Waals surface area contributed by atoms with Gasteiger partial charge in [-0.3, -0.25) is 14.5 Å². The number of amides is 1. The molecule has 0 bridgehead atoms. The lowest BCUT2D eigenvalue weighted by Crippen LogP contribution is -2.46. The molecule has 1 atom stereocenters. The summed E-state index contributed by atoms with van der Waals surface area (Å²) in [5.74, 6) is 0.0709. The van der Waals surface area contributed by atoms with Gasteiger partial charge in [0.25, 0.3) is 5.91 Å². The Hall–Kier alpha value is -1.44. The van der Waals surface area contributed by atoms with Crippen LogP contribution in [0.25, 0.3) is 0 Å². The molecule has 1 saturated heterocycles. The minimum atomic E-state index is -0.328. The first kappa shape index (κ1) is 20.9. The lowest BCUT2D eigenvalue weighted by Gasteiger charge is -2.33. The predicted molar refractivity (Wildman–Crippen MR) is 103 cm³/mol. The number of nitrogens with zero attached hydrogens (tertiary/aromatic N) is 1. The largest absolute Gasteiger partial charge is 0.463 e. The summed E-state index contributed by atoms with van der Waals surface area (Å²) in [4.78, 5) is 26.2. The highest BCUT2D eigenvalue weighted by Crippen LogP contribution is 2.10. The molecule has 7 heteroatoms. The van der Waals surface area contributed by atoms with Gasteiger partial charge < -0.3 is 14.8 Å². The van der Waals surface area contributed by atoms with Gasteiger partial charge in [-0.25, -0.2) is 0 Å². The van der Waals surface area contributed by atoms with E-state index in [1.165, 1.54) is 0 Å². The molecular formula is C19H27BrN2O4. The van der Waals surface area contributed by atoms with Crippen LogP contribution in [-0.2, 0) is 14.3 Å². The Bertz CT molecular complexity index is 592. The molecule has 0 aromatic heterocycles. The third kappa shape index (κ3) is 7.43. The first-order chi connectivity index (χ1) is 12.4. The summed E-state index contributed by atoms with van der Waals surface area (Å²) in [5.41, 5.74) is 0.558. The molecule has 1 heterocycles. The number of nitrogens with one attached hydrogen (secondary N) is 1. The zero-order valence-corrected chi connectivity index (χ0v) is 17.0. The van der Waals surface area contributed by atoms with Crippen LogP contribution in [0.5, 0.6) is 0 Å². The average molecular weight is 427 g/mol. The summed E-state index contributed by atoms with van der Waals surface area (Å²) in [6, 6.07) is 7.05. The highest BCUT2D eigenvalue weighted by molar-refractivity contribution is 9.10. The molecule has 1 aliphatic heterocycles.